The zero-order valence-corrected chi connectivity index (χ0v) is 13.5. The topological polar surface area (TPSA) is 75.4 Å². The summed E-state index contributed by atoms with van der Waals surface area (Å²) in [5, 5.41) is 2.75. The van der Waals surface area contributed by atoms with Gasteiger partial charge in [-0.25, -0.2) is 9.78 Å². The minimum atomic E-state index is -0.503. The molecular formula is C19H17N3O3. The van der Waals surface area contributed by atoms with Crippen molar-refractivity contribution in [3.63, 3.8) is 0 Å². The number of aromatic nitrogens is 1. The highest BCUT2D eigenvalue weighted by molar-refractivity contribution is 6.04. The number of aryl methyl sites for hydroxylation is 1. The van der Waals surface area contributed by atoms with Crippen LogP contribution in [0.25, 0.3) is 11.1 Å². The maximum atomic E-state index is 12.5. The molecule has 1 aliphatic rings. The zero-order valence-electron chi connectivity index (χ0n) is 13.5. The van der Waals surface area contributed by atoms with Crippen LogP contribution in [0.2, 0.25) is 0 Å². The molecule has 0 aliphatic carbocycles. The fourth-order valence-electron chi connectivity index (χ4n) is 3.00. The van der Waals surface area contributed by atoms with E-state index < -0.39 is 12.1 Å². The number of oxazole rings is 1. The molecule has 0 unspecified atom stereocenters. The van der Waals surface area contributed by atoms with Crippen molar-refractivity contribution in [2.24, 2.45) is 0 Å². The second-order valence-corrected chi connectivity index (χ2v) is 6.03. The molecule has 1 aliphatic heterocycles. The fourth-order valence-corrected chi connectivity index (χ4v) is 3.00. The van der Waals surface area contributed by atoms with Crippen molar-refractivity contribution in [1.82, 2.24) is 15.2 Å². The highest BCUT2D eigenvalue weighted by Gasteiger charge is 2.38. The van der Waals surface area contributed by atoms with Gasteiger partial charge in [0.1, 0.15) is 18.1 Å². The Hall–Kier alpha value is -3.15. The van der Waals surface area contributed by atoms with Gasteiger partial charge in [0.05, 0.1) is 0 Å². The lowest BCUT2D eigenvalue weighted by molar-refractivity contribution is -0.128. The van der Waals surface area contributed by atoms with E-state index in [2.05, 4.69) is 10.3 Å². The van der Waals surface area contributed by atoms with Crippen molar-refractivity contribution in [3.05, 3.63) is 66.1 Å². The van der Waals surface area contributed by atoms with Crippen LogP contribution in [0.15, 0.2) is 59.0 Å². The van der Waals surface area contributed by atoms with Crippen molar-refractivity contribution in [2.75, 3.05) is 0 Å². The van der Waals surface area contributed by atoms with Crippen LogP contribution in [0.1, 0.15) is 17.9 Å². The number of nitrogens with one attached hydrogen (secondary N) is 1. The van der Waals surface area contributed by atoms with Gasteiger partial charge in [0.2, 0.25) is 5.89 Å². The van der Waals surface area contributed by atoms with Crippen molar-refractivity contribution >= 4 is 23.0 Å². The summed E-state index contributed by atoms with van der Waals surface area (Å²) in [6.07, 6.45) is 1.30. The first kappa shape index (κ1) is 15.4. The Morgan fingerprint density at radius 3 is 2.60 bits per heavy atom. The van der Waals surface area contributed by atoms with Crippen LogP contribution in [0.3, 0.4) is 0 Å². The Kier molecular flexibility index (Phi) is 3.93. The summed E-state index contributed by atoms with van der Waals surface area (Å²) in [6, 6.07) is 16.3. The monoisotopic (exact) mass is 335 g/mol. The summed E-state index contributed by atoms with van der Waals surface area (Å²) in [4.78, 5) is 30.2. The second-order valence-electron chi connectivity index (χ2n) is 6.03. The lowest BCUT2D eigenvalue weighted by Gasteiger charge is -2.10. The summed E-state index contributed by atoms with van der Waals surface area (Å²) in [7, 11) is 0. The highest BCUT2D eigenvalue weighted by atomic mass is 16.3. The summed E-state index contributed by atoms with van der Waals surface area (Å²) >= 11 is 0. The van der Waals surface area contributed by atoms with Crippen LogP contribution < -0.4 is 5.32 Å². The average Bonchev–Trinajstić information content (AvgIpc) is 3.16. The smallest absolute Gasteiger partial charge is 0.325 e. The highest BCUT2D eigenvalue weighted by Crippen LogP contribution is 2.19. The molecule has 1 aromatic heterocycles. The quantitative estimate of drug-likeness (QED) is 0.728. The third-order valence-electron chi connectivity index (χ3n) is 4.30. The van der Waals surface area contributed by atoms with Gasteiger partial charge < -0.3 is 9.73 Å². The minimum absolute atomic E-state index is 0.0428. The van der Waals surface area contributed by atoms with Crippen LogP contribution in [-0.4, -0.2) is 27.9 Å². The summed E-state index contributed by atoms with van der Waals surface area (Å²) in [5.41, 5.74) is 2.50. The molecule has 6 nitrogen and oxygen atoms in total. The number of para-hydroxylation sites is 2. The van der Waals surface area contributed by atoms with Gasteiger partial charge in [-0.2, -0.15) is 0 Å². The number of hydrogen-bond acceptors (Lipinski definition) is 4. The van der Waals surface area contributed by atoms with E-state index in [-0.39, 0.29) is 12.5 Å². The lowest BCUT2D eigenvalue weighted by atomic mass is 10.1. The van der Waals surface area contributed by atoms with Crippen LogP contribution in [0.5, 0.6) is 0 Å². The Morgan fingerprint density at radius 1 is 1.04 bits per heavy atom. The van der Waals surface area contributed by atoms with Crippen molar-refractivity contribution in [1.29, 1.82) is 0 Å². The maximum absolute atomic E-state index is 12.5. The number of carbonyl (C=O) groups excluding carboxylic acids is 2. The Bertz CT molecular complexity index is 887. The Morgan fingerprint density at radius 2 is 1.80 bits per heavy atom. The third kappa shape index (κ3) is 3.10. The molecule has 0 saturated carbocycles. The maximum Gasteiger partial charge on any atom is 0.325 e. The van der Waals surface area contributed by atoms with Crippen LogP contribution in [-0.2, 0) is 17.8 Å². The molecule has 25 heavy (non-hydrogen) atoms. The van der Waals surface area contributed by atoms with Gasteiger partial charge in [-0.3, -0.25) is 9.69 Å². The number of nitrogens with zero attached hydrogens (tertiary/aromatic N) is 2. The van der Waals surface area contributed by atoms with Gasteiger partial charge in [0.15, 0.2) is 5.58 Å². The number of imide groups is 1. The molecule has 1 fully saturated rings. The average molecular weight is 335 g/mol. The number of benzene rings is 2. The second kappa shape index (κ2) is 6.39. The molecule has 1 N–H and O–H groups in total. The Labute approximate surface area is 144 Å². The number of amides is 3. The lowest BCUT2D eigenvalue weighted by Crippen LogP contribution is -2.31. The predicted octanol–water partition coefficient (Wildman–Crippen LogP) is 2.88. The number of carbonyl (C=O) groups is 2. The summed E-state index contributed by atoms with van der Waals surface area (Å²) in [6.45, 7) is 0.0428. The number of hydrogen-bond donors (Lipinski definition) is 1. The predicted molar refractivity (Wildman–Crippen MR) is 91.6 cm³/mol. The molecule has 4 rings (SSSR count). The van der Waals surface area contributed by atoms with E-state index in [9.17, 15) is 9.59 Å². The molecule has 1 saturated heterocycles. The van der Waals surface area contributed by atoms with Crippen molar-refractivity contribution in [3.8, 4) is 0 Å². The van der Waals surface area contributed by atoms with Gasteiger partial charge in [0.25, 0.3) is 5.91 Å². The standard InChI is InChI=1S/C19H17N3O3/c23-18-15(11-10-13-6-2-1-3-7-13)21-19(24)22(18)12-17-20-14-8-4-5-9-16(14)25-17/h1-9,15H,10-12H2,(H,21,24)/t15-/m0/s1. The van der Waals surface area contributed by atoms with Crippen LogP contribution in [0, 0.1) is 0 Å². The number of urea groups is 1. The minimum Gasteiger partial charge on any atom is -0.439 e. The van der Waals surface area contributed by atoms with E-state index in [4.69, 9.17) is 4.42 Å². The first-order chi connectivity index (χ1) is 12.2. The van der Waals surface area contributed by atoms with E-state index >= 15 is 0 Å². The fraction of sp³-hybridized carbons (Fsp3) is 0.211. The van der Waals surface area contributed by atoms with Crippen molar-refractivity contribution < 1.29 is 14.0 Å². The SMILES string of the molecule is O=C1N[C@@H](CCc2ccccc2)C(=O)N1Cc1nc2ccccc2o1. The zero-order chi connectivity index (χ0) is 17.2. The molecule has 2 heterocycles. The largest absolute Gasteiger partial charge is 0.439 e. The molecule has 0 radical (unpaired) electrons. The van der Waals surface area contributed by atoms with E-state index in [1.54, 1.807) is 6.07 Å². The molecule has 3 amide bonds. The molecule has 2 aromatic carbocycles. The molecule has 1 atom stereocenters. The molecule has 3 aromatic rings. The third-order valence-corrected chi connectivity index (χ3v) is 4.30. The van der Waals surface area contributed by atoms with Crippen molar-refractivity contribution in [2.45, 2.75) is 25.4 Å². The van der Waals surface area contributed by atoms with Gasteiger partial charge in [-0.15, -0.1) is 0 Å². The first-order valence-electron chi connectivity index (χ1n) is 8.21. The molecular weight excluding hydrogens is 318 g/mol. The van der Waals surface area contributed by atoms with E-state index in [0.29, 0.717) is 23.4 Å². The van der Waals surface area contributed by atoms with Gasteiger partial charge in [0, 0.05) is 0 Å². The van der Waals surface area contributed by atoms with E-state index in [1.165, 1.54) is 4.90 Å². The molecule has 0 spiro atoms. The molecule has 6 heteroatoms. The molecule has 126 valence electrons. The van der Waals surface area contributed by atoms with E-state index in [1.807, 2.05) is 48.5 Å². The van der Waals surface area contributed by atoms with Gasteiger partial charge in [-0.05, 0) is 30.5 Å². The molecule has 0 bridgehead atoms. The van der Waals surface area contributed by atoms with Gasteiger partial charge >= 0.3 is 6.03 Å². The number of rotatable bonds is 5. The summed E-state index contributed by atoms with van der Waals surface area (Å²) < 4.78 is 5.61. The van der Waals surface area contributed by atoms with E-state index in [0.717, 1.165) is 12.0 Å². The normalized spacial score (nSPS) is 17.3. The van der Waals surface area contributed by atoms with Gasteiger partial charge in [-0.1, -0.05) is 42.5 Å². The Balaban J connectivity index is 1.43. The van der Waals surface area contributed by atoms with Crippen LogP contribution >= 0.6 is 0 Å². The summed E-state index contributed by atoms with van der Waals surface area (Å²) in [5.74, 6) is 0.122. The number of fused-ring (bicyclic) bond motifs is 1. The first-order valence-corrected chi connectivity index (χ1v) is 8.21. The van der Waals surface area contributed by atoms with Crippen LogP contribution in [0.4, 0.5) is 4.79 Å².